The summed E-state index contributed by atoms with van der Waals surface area (Å²) < 4.78 is 5.64. The van der Waals surface area contributed by atoms with Crippen LogP contribution < -0.4 is 5.32 Å². The number of carbonyl (C=O) groups is 1. The number of aryl methyl sites for hydroxylation is 1. The van der Waals surface area contributed by atoms with E-state index in [0.717, 1.165) is 32.4 Å². The zero-order valence-corrected chi connectivity index (χ0v) is 9.82. The molecule has 1 aliphatic carbocycles. The SMILES string of the molecule is O=C(OC1CCCc2ccccc21)C1CNC1. The maximum atomic E-state index is 11.8. The van der Waals surface area contributed by atoms with Crippen molar-refractivity contribution in [1.29, 1.82) is 0 Å². The maximum absolute atomic E-state index is 11.8. The smallest absolute Gasteiger partial charge is 0.312 e. The monoisotopic (exact) mass is 231 g/mol. The highest BCUT2D eigenvalue weighted by Gasteiger charge is 2.30. The number of esters is 1. The number of benzene rings is 1. The summed E-state index contributed by atoms with van der Waals surface area (Å²) in [4.78, 5) is 11.8. The quantitative estimate of drug-likeness (QED) is 0.789. The van der Waals surface area contributed by atoms with Gasteiger partial charge in [-0.15, -0.1) is 0 Å². The molecule has 1 fully saturated rings. The minimum Gasteiger partial charge on any atom is -0.457 e. The molecule has 3 rings (SSSR count). The van der Waals surface area contributed by atoms with Gasteiger partial charge in [-0.1, -0.05) is 24.3 Å². The molecule has 0 spiro atoms. The van der Waals surface area contributed by atoms with Gasteiger partial charge < -0.3 is 10.1 Å². The third kappa shape index (κ3) is 2.07. The predicted molar refractivity (Wildman–Crippen MR) is 64.6 cm³/mol. The first-order valence-electron chi connectivity index (χ1n) is 6.33. The molecule has 1 N–H and O–H groups in total. The number of nitrogens with one attached hydrogen (secondary N) is 1. The normalized spacial score (nSPS) is 23.6. The van der Waals surface area contributed by atoms with Crippen LogP contribution in [-0.4, -0.2) is 19.1 Å². The lowest BCUT2D eigenvalue weighted by Gasteiger charge is -2.30. The Hall–Kier alpha value is -1.35. The Labute approximate surface area is 101 Å². The van der Waals surface area contributed by atoms with Crippen LogP contribution in [0.3, 0.4) is 0 Å². The maximum Gasteiger partial charge on any atom is 0.312 e. The van der Waals surface area contributed by atoms with Gasteiger partial charge >= 0.3 is 5.97 Å². The fourth-order valence-electron chi connectivity index (χ4n) is 2.52. The van der Waals surface area contributed by atoms with E-state index in [-0.39, 0.29) is 18.0 Å². The molecule has 1 aromatic carbocycles. The van der Waals surface area contributed by atoms with Crippen LogP contribution in [0.15, 0.2) is 24.3 Å². The van der Waals surface area contributed by atoms with Crippen molar-refractivity contribution in [1.82, 2.24) is 5.32 Å². The van der Waals surface area contributed by atoms with Crippen molar-refractivity contribution in [2.75, 3.05) is 13.1 Å². The summed E-state index contributed by atoms with van der Waals surface area (Å²) in [5.74, 6) is 0.0366. The highest BCUT2D eigenvalue weighted by molar-refractivity contribution is 5.74. The predicted octanol–water partition coefficient (Wildman–Crippen LogP) is 1.83. The van der Waals surface area contributed by atoms with E-state index in [4.69, 9.17) is 4.74 Å². The summed E-state index contributed by atoms with van der Waals surface area (Å²) in [6.45, 7) is 1.54. The third-order valence-corrected chi connectivity index (χ3v) is 3.69. The first-order chi connectivity index (χ1) is 8.34. The highest BCUT2D eigenvalue weighted by Crippen LogP contribution is 2.33. The van der Waals surface area contributed by atoms with E-state index in [9.17, 15) is 4.79 Å². The van der Waals surface area contributed by atoms with Crippen molar-refractivity contribution in [3.8, 4) is 0 Å². The second-order valence-electron chi connectivity index (χ2n) is 4.87. The molecule has 0 saturated carbocycles. The van der Waals surface area contributed by atoms with Gasteiger partial charge in [0.15, 0.2) is 0 Å². The molecule has 17 heavy (non-hydrogen) atoms. The number of rotatable bonds is 2. The summed E-state index contributed by atoms with van der Waals surface area (Å²) in [6.07, 6.45) is 3.16. The molecule has 0 amide bonds. The molecule has 3 heteroatoms. The highest BCUT2D eigenvalue weighted by atomic mass is 16.5. The molecular weight excluding hydrogens is 214 g/mol. The molecule has 1 saturated heterocycles. The van der Waals surface area contributed by atoms with Crippen LogP contribution in [0.2, 0.25) is 0 Å². The Morgan fingerprint density at radius 2 is 2.12 bits per heavy atom. The van der Waals surface area contributed by atoms with Crippen LogP contribution in [0.1, 0.15) is 30.1 Å². The van der Waals surface area contributed by atoms with Crippen LogP contribution in [0, 0.1) is 5.92 Å². The van der Waals surface area contributed by atoms with Crippen LogP contribution >= 0.6 is 0 Å². The number of hydrogen-bond donors (Lipinski definition) is 1. The molecular formula is C14H17NO2. The molecule has 3 nitrogen and oxygen atoms in total. The zero-order chi connectivity index (χ0) is 11.7. The van der Waals surface area contributed by atoms with E-state index in [0.29, 0.717) is 0 Å². The van der Waals surface area contributed by atoms with Crippen LogP contribution in [0.4, 0.5) is 0 Å². The van der Waals surface area contributed by atoms with Crippen LogP contribution in [-0.2, 0) is 16.0 Å². The Kier molecular flexibility index (Phi) is 2.85. The Bertz CT molecular complexity index is 426. The average molecular weight is 231 g/mol. The van der Waals surface area contributed by atoms with Crippen LogP contribution in [0.5, 0.6) is 0 Å². The molecule has 1 heterocycles. The number of ether oxygens (including phenoxy) is 1. The van der Waals surface area contributed by atoms with E-state index < -0.39 is 0 Å². The van der Waals surface area contributed by atoms with Gasteiger partial charge in [0.05, 0.1) is 5.92 Å². The van der Waals surface area contributed by atoms with E-state index in [2.05, 4.69) is 23.5 Å². The zero-order valence-electron chi connectivity index (χ0n) is 9.82. The molecule has 1 aliphatic heterocycles. The fourth-order valence-corrected chi connectivity index (χ4v) is 2.52. The minimum absolute atomic E-state index is 0.0203. The van der Waals surface area contributed by atoms with Crippen molar-refractivity contribution < 1.29 is 9.53 Å². The second kappa shape index (κ2) is 4.49. The molecule has 0 aromatic heterocycles. The second-order valence-corrected chi connectivity index (χ2v) is 4.87. The number of carbonyl (C=O) groups excluding carboxylic acids is 1. The van der Waals surface area contributed by atoms with E-state index in [1.807, 2.05) is 6.07 Å². The summed E-state index contributed by atoms with van der Waals surface area (Å²) in [5.41, 5.74) is 2.54. The topological polar surface area (TPSA) is 38.3 Å². The Balaban J connectivity index is 1.73. The number of hydrogen-bond acceptors (Lipinski definition) is 3. The van der Waals surface area contributed by atoms with E-state index >= 15 is 0 Å². The lowest BCUT2D eigenvalue weighted by atomic mass is 9.89. The van der Waals surface area contributed by atoms with Gasteiger partial charge in [-0.25, -0.2) is 0 Å². The van der Waals surface area contributed by atoms with Crippen molar-refractivity contribution in [2.24, 2.45) is 5.92 Å². The van der Waals surface area contributed by atoms with Crippen molar-refractivity contribution in [3.05, 3.63) is 35.4 Å². The largest absolute Gasteiger partial charge is 0.457 e. The number of fused-ring (bicyclic) bond motifs is 1. The summed E-state index contributed by atoms with van der Waals surface area (Å²) in [5, 5.41) is 3.10. The van der Waals surface area contributed by atoms with Gasteiger partial charge in [-0.2, -0.15) is 0 Å². The van der Waals surface area contributed by atoms with Gasteiger partial charge in [-0.3, -0.25) is 4.79 Å². The first-order valence-corrected chi connectivity index (χ1v) is 6.33. The van der Waals surface area contributed by atoms with Crippen LogP contribution in [0.25, 0.3) is 0 Å². The van der Waals surface area contributed by atoms with Gasteiger partial charge in [0, 0.05) is 13.1 Å². The molecule has 0 radical (unpaired) electrons. The van der Waals surface area contributed by atoms with Crippen molar-refractivity contribution >= 4 is 5.97 Å². The van der Waals surface area contributed by atoms with E-state index in [1.54, 1.807) is 0 Å². The third-order valence-electron chi connectivity index (χ3n) is 3.69. The van der Waals surface area contributed by atoms with Gasteiger partial charge in [0.2, 0.25) is 0 Å². The molecule has 1 atom stereocenters. The van der Waals surface area contributed by atoms with Gasteiger partial charge in [0.25, 0.3) is 0 Å². The first kappa shape index (κ1) is 10.8. The lowest BCUT2D eigenvalue weighted by molar-refractivity contribution is -0.157. The van der Waals surface area contributed by atoms with Gasteiger partial charge in [-0.05, 0) is 30.4 Å². The summed E-state index contributed by atoms with van der Waals surface area (Å²) in [6, 6.07) is 8.31. The lowest BCUT2D eigenvalue weighted by Crippen LogP contribution is -2.47. The molecule has 1 aromatic rings. The Morgan fingerprint density at radius 1 is 1.29 bits per heavy atom. The van der Waals surface area contributed by atoms with Gasteiger partial charge in [0.1, 0.15) is 6.10 Å². The summed E-state index contributed by atoms with van der Waals surface area (Å²) in [7, 11) is 0. The summed E-state index contributed by atoms with van der Waals surface area (Å²) >= 11 is 0. The molecule has 2 aliphatic rings. The molecule has 0 bridgehead atoms. The minimum atomic E-state index is -0.0366. The van der Waals surface area contributed by atoms with Crippen molar-refractivity contribution in [2.45, 2.75) is 25.4 Å². The van der Waals surface area contributed by atoms with Crippen molar-refractivity contribution in [3.63, 3.8) is 0 Å². The fraction of sp³-hybridized carbons (Fsp3) is 0.500. The molecule has 90 valence electrons. The standard InChI is InChI=1S/C14H17NO2/c16-14(11-8-15-9-11)17-13-7-3-5-10-4-1-2-6-12(10)13/h1-2,4,6,11,13,15H,3,5,7-9H2. The average Bonchev–Trinajstić information content (AvgIpc) is 2.27. The van der Waals surface area contributed by atoms with E-state index in [1.165, 1.54) is 11.1 Å². The Morgan fingerprint density at radius 3 is 2.88 bits per heavy atom. The molecule has 1 unspecified atom stereocenters.